The number of Topliss-reactive ketones (excluding diaryl/α,β-unsaturated/α-hetero) is 1. The number of hydrogen-bond acceptors (Lipinski definition) is 7. The number of fused-ring (bicyclic) bond motifs is 4. The van der Waals surface area contributed by atoms with Crippen LogP contribution in [0.5, 0.6) is 11.5 Å². The first-order valence-electron chi connectivity index (χ1n) is 10.3. The van der Waals surface area contributed by atoms with Crippen molar-refractivity contribution in [3.63, 3.8) is 0 Å². The summed E-state index contributed by atoms with van der Waals surface area (Å²) in [5, 5.41) is 12.3. The number of carbonyl (C=O) groups excluding carboxylic acids is 2. The molecule has 0 spiro atoms. The van der Waals surface area contributed by atoms with E-state index in [2.05, 4.69) is 4.98 Å². The molecule has 1 N–H and O–H groups in total. The van der Waals surface area contributed by atoms with E-state index in [-0.39, 0.29) is 16.5 Å². The summed E-state index contributed by atoms with van der Waals surface area (Å²) in [4.78, 5) is 31.6. The number of hydrogen-bond donors (Lipinski definition) is 1. The molecule has 2 bridgehead atoms. The van der Waals surface area contributed by atoms with E-state index in [1.54, 1.807) is 48.5 Å². The summed E-state index contributed by atoms with van der Waals surface area (Å²) >= 11 is 6.17. The molecule has 1 aliphatic heterocycles. The first-order chi connectivity index (χ1) is 15.9. The molecule has 0 saturated heterocycles. The lowest BCUT2D eigenvalue weighted by Gasteiger charge is -2.38. The zero-order chi connectivity index (χ0) is 23.4. The van der Waals surface area contributed by atoms with Crippen LogP contribution in [-0.4, -0.2) is 36.1 Å². The van der Waals surface area contributed by atoms with Crippen molar-refractivity contribution in [1.29, 1.82) is 0 Å². The maximum atomic E-state index is 14.2. The lowest BCUT2D eigenvalue weighted by atomic mass is 9.75. The first kappa shape index (κ1) is 21.4. The van der Waals surface area contributed by atoms with E-state index >= 15 is 0 Å². The van der Waals surface area contributed by atoms with E-state index in [1.165, 1.54) is 26.5 Å². The fraction of sp³-hybridized carbons (Fsp3) is 0.240. The third-order valence-electron chi connectivity index (χ3n) is 6.49. The molecule has 168 valence electrons. The first-order valence-corrected chi connectivity index (χ1v) is 10.6. The number of carbonyl (C=O) groups is 2. The van der Waals surface area contributed by atoms with Crippen LogP contribution in [-0.2, 0) is 25.5 Å². The molecule has 7 nitrogen and oxygen atoms in total. The van der Waals surface area contributed by atoms with E-state index < -0.39 is 34.8 Å². The molecule has 2 aromatic carbocycles. The summed E-state index contributed by atoms with van der Waals surface area (Å²) in [6.07, 6.45) is 1.31. The molecule has 1 aliphatic carbocycles. The Balaban J connectivity index is 1.87. The van der Waals surface area contributed by atoms with Gasteiger partial charge in [-0.3, -0.25) is 14.6 Å². The van der Waals surface area contributed by atoms with Crippen molar-refractivity contribution in [1.82, 2.24) is 4.98 Å². The molecule has 8 heteroatoms. The molecule has 2 unspecified atom stereocenters. The second kappa shape index (κ2) is 7.57. The average molecular weight is 466 g/mol. The van der Waals surface area contributed by atoms with Crippen LogP contribution in [0.25, 0.3) is 0 Å². The SMILES string of the molecule is COC(=O)C1C(c2ccccc2)[C@]2(c3ccc(OC)cc3)Oc3cc(Cl)cnc3[C@@]1(O)C2=O. The summed E-state index contributed by atoms with van der Waals surface area (Å²) in [5.74, 6) is -2.94. The Morgan fingerprint density at radius 3 is 2.45 bits per heavy atom. The number of ketones is 1. The highest BCUT2D eigenvalue weighted by atomic mass is 35.5. The molecule has 1 saturated carbocycles. The maximum absolute atomic E-state index is 14.2. The number of methoxy groups -OCH3 is 2. The van der Waals surface area contributed by atoms with E-state index in [1.807, 2.05) is 6.07 Å². The van der Waals surface area contributed by atoms with E-state index in [4.69, 9.17) is 25.8 Å². The molecule has 0 amide bonds. The number of rotatable bonds is 4. The van der Waals surface area contributed by atoms with Crippen LogP contribution >= 0.6 is 11.6 Å². The number of pyridine rings is 1. The third-order valence-corrected chi connectivity index (χ3v) is 6.70. The highest BCUT2D eigenvalue weighted by Gasteiger charge is 2.77. The number of aliphatic hydroxyl groups is 1. The van der Waals surface area contributed by atoms with Gasteiger partial charge in [0.25, 0.3) is 0 Å². The van der Waals surface area contributed by atoms with Gasteiger partial charge in [-0.1, -0.05) is 54.1 Å². The number of aromatic nitrogens is 1. The predicted octanol–water partition coefficient (Wildman–Crippen LogP) is 3.37. The van der Waals surface area contributed by atoms with Gasteiger partial charge in [-0.2, -0.15) is 0 Å². The van der Waals surface area contributed by atoms with Crippen molar-refractivity contribution in [3.8, 4) is 11.5 Å². The monoisotopic (exact) mass is 465 g/mol. The Kier molecular flexibility index (Phi) is 4.92. The van der Waals surface area contributed by atoms with E-state index in [9.17, 15) is 14.7 Å². The Morgan fingerprint density at radius 2 is 1.82 bits per heavy atom. The minimum Gasteiger partial charge on any atom is -0.497 e. The van der Waals surface area contributed by atoms with Gasteiger partial charge in [-0.25, -0.2) is 0 Å². The van der Waals surface area contributed by atoms with Gasteiger partial charge in [0.1, 0.15) is 23.1 Å². The Morgan fingerprint density at radius 1 is 1.12 bits per heavy atom. The summed E-state index contributed by atoms with van der Waals surface area (Å²) in [5.41, 5.74) is -2.99. The predicted molar refractivity (Wildman–Crippen MR) is 118 cm³/mol. The molecule has 5 rings (SSSR count). The van der Waals surface area contributed by atoms with Crippen molar-refractivity contribution in [2.75, 3.05) is 14.2 Å². The quantitative estimate of drug-likeness (QED) is 0.590. The van der Waals surface area contributed by atoms with Crippen LogP contribution in [0.4, 0.5) is 0 Å². The molecule has 1 fully saturated rings. The molecule has 1 aromatic heterocycles. The molecular formula is C25H20ClNO6. The summed E-state index contributed by atoms with van der Waals surface area (Å²) in [6.45, 7) is 0. The fourth-order valence-electron chi connectivity index (χ4n) is 5.09. The number of ether oxygens (including phenoxy) is 3. The van der Waals surface area contributed by atoms with Crippen LogP contribution in [0.1, 0.15) is 22.7 Å². The number of halogens is 1. The number of benzene rings is 2. The molecule has 33 heavy (non-hydrogen) atoms. The van der Waals surface area contributed by atoms with Crippen molar-refractivity contribution in [3.05, 3.63) is 88.7 Å². The average Bonchev–Trinajstić information content (AvgIpc) is 2.97. The van der Waals surface area contributed by atoms with Crippen LogP contribution in [0, 0.1) is 5.92 Å². The zero-order valence-electron chi connectivity index (χ0n) is 17.8. The summed E-state index contributed by atoms with van der Waals surface area (Å²) < 4.78 is 16.8. The lowest BCUT2D eigenvalue weighted by Crippen LogP contribution is -2.51. The lowest BCUT2D eigenvalue weighted by molar-refractivity contribution is -0.163. The van der Waals surface area contributed by atoms with Gasteiger partial charge in [0.2, 0.25) is 11.4 Å². The fourth-order valence-corrected chi connectivity index (χ4v) is 5.24. The van der Waals surface area contributed by atoms with Crippen molar-refractivity contribution < 1.29 is 28.9 Å². The van der Waals surface area contributed by atoms with Crippen molar-refractivity contribution >= 4 is 23.4 Å². The van der Waals surface area contributed by atoms with Gasteiger partial charge >= 0.3 is 5.97 Å². The van der Waals surface area contributed by atoms with Gasteiger partial charge in [0.15, 0.2) is 5.60 Å². The number of nitrogens with zero attached hydrogens (tertiary/aromatic N) is 1. The van der Waals surface area contributed by atoms with Crippen molar-refractivity contribution in [2.24, 2.45) is 5.92 Å². The summed E-state index contributed by atoms with van der Waals surface area (Å²) in [7, 11) is 2.76. The van der Waals surface area contributed by atoms with E-state index in [0.717, 1.165) is 0 Å². The van der Waals surface area contributed by atoms with Crippen LogP contribution in [0.15, 0.2) is 66.9 Å². The number of esters is 1. The summed E-state index contributed by atoms with van der Waals surface area (Å²) in [6, 6.07) is 17.3. The van der Waals surface area contributed by atoms with Gasteiger partial charge in [-0.15, -0.1) is 0 Å². The topological polar surface area (TPSA) is 95.0 Å². The second-order valence-corrected chi connectivity index (χ2v) is 8.49. The Labute approximate surface area is 194 Å². The van der Waals surface area contributed by atoms with Gasteiger partial charge in [0, 0.05) is 17.8 Å². The second-order valence-electron chi connectivity index (χ2n) is 8.05. The minimum absolute atomic E-state index is 0.0603. The van der Waals surface area contributed by atoms with Gasteiger partial charge in [0.05, 0.1) is 25.2 Å². The molecule has 3 aromatic rings. The highest BCUT2D eigenvalue weighted by molar-refractivity contribution is 6.30. The normalized spacial score (nSPS) is 27.5. The van der Waals surface area contributed by atoms with Gasteiger partial charge in [-0.05, 0) is 17.7 Å². The largest absolute Gasteiger partial charge is 0.497 e. The van der Waals surface area contributed by atoms with Crippen LogP contribution < -0.4 is 9.47 Å². The molecular weight excluding hydrogens is 446 g/mol. The molecule has 4 atom stereocenters. The molecule has 2 heterocycles. The Hall–Kier alpha value is -3.42. The molecule has 2 aliphatic rings. The maximum Gasteiger partial charge on any atom is 0.313 e. The Bertz CT molecular complexity index is 1250. The van der Waals surface area contributed by atoms with Crippen LogP contribution in [0.2, 0.25) is 5.02 Å². The van der Waals surface area contributed by atoms with Gasteiger partial charge < -0.3 is 19.3 Å². The zero-order valence-corrected chi connectivity index (χ0v) is 18.6. The smallest absolute Gasteiger partial charge is 0.313 e. The third kappa shape index (κ3) is 2.82. The highest BCUT2D eigenvalue weighted by Crippen LogP contribution is 2.64. The van der Waals surface area contributed by atoms with Crippen molar-refractivity contribution in [2.45, 2.75) is 17.1 Å². The van der Waals surface area contributed by atoms with Crippen LogP contribution in [0.3, 0.4) is 0 Å². The minimum atomic E-state index is -2.29. The van der Waals surface area contributed by atoms with E-state index in [0.29, 0.717) is 16.9 Å². The standard InChI is InChI=1S/C25H20ClNO6/c1-31-17-10-8-15(9-11-17)25-19(14-6-4-3-5-7-14)20(22(28)32-2)24(30,23(25)29)21-18(33-25)12-16(26)13-27-21/h3-13,19-20,30H,1-2H3/t19?,20?,24-,25+/m1/s1. The molecule has 0 radical (unpaired) electrons.